The van der Waals surface area contributed by atoms with E-state index in [1.54, 1.807) is 0 Å². The zero-order chi connectivity index (χ0) is 19.3. The Morgan fingerprint density at radius 1 is 1.07 bits per heavy atom. The number of carbonyl (C=O) groups is 2. The molecule has 3 unspecified atom stereocenters. The van der Waals surface area contributed by atoms with Crippen molar-refractivity contribution in [2.45, 2.75) is 24.4 Å². The fourth-order valence-corrected chi connectivity index (χ4v) is 4.37. The van der Waals surface area contributed by atoms with Crippen LogP contribution in [-0.4, -0.2) is 60.3 Å². The average molecular weight is 381 g/mol. The maximum absolute atomic E-state index is 12.7. The molecule has 1 N–H and O–H groups in total. The van der Waals surface area contributed by atoms with Gasteiger partial charge in [-0.3, -0.25) is 4.90 Å². The topological polar surface area (TPSA) is 85.3 Å². The highest BCUT2D eigenvalue weighted by molar-refractivity contribution is 5.82. The van der Waals surface area contributed by atoms with Crippen LogP contribution < -0.4 is 0 Å². The van der Waals surface area contributed by atoms with Gasteiger partial charge in [0.2, 0.25) is 0 Å². The first-order valence-electron chi connectivity index (χ1n) is 9.25. The summed E-state index contributed by atoms with van der Waals surface area (Å²) >= 11 is 0. The Bertz CT molecular complexity index is 898. The summed E-state index contributed by atoms with van der Waals surface area (Å²) in [6.45, 7) is 0.353. The molecule has 2 aromatic rings. The smallest absolute Gasteiger partial charge is 0.410 e. The van der Waals surface area contributed by atoms with E-state index in [0.717, 1.165) is 22.3 Å². The Morgan fingerprint density at radius 3 is 2.36 bits per heavy atom. The number of carbonyl (C=O) groups excluding carboxylic acids is 1. The Labute approximate surface area is 161 Å². The SMILES string of the molecule is O=C(O)C1C2COC(CN1C(=O)OCC1c3ccccc3-c3ccccc31)O2. The molecule has 0 radical (unpaired) electrons. The molecule has 28 heavy (non-hydrogen) atoms. The van der Waals surface area contributed by atoms with Crippen LogP contribution in [0.1, 0.15) is 17.0 Å². The number of rotatable bonds is 3. The van der Waals surface area contributed by atoms with Crippen LogP contribution in [0.4, 0.5) is 4.79 Å². The van der Waals surface area contributed by atoms with Gasteiger partial charge in [-0.25, -0.2) is 9.59 Å². The van der Waals surface area contributed by atoms with Crippen molar-refractivity contribution in [3.05, 3.63) is 59.7 Å². The number of ether oxygens (including phenoxy) is 3. The molecule has 2 aromatic carbocycles. The molecular weight excluding hydrogens is 362 g/mol. The fourth-order valence-electron chi connectivity index (χ4n) is 4.37. The number of amides is 1. The summed E-state index contributed by atoms with van der Waals surface area (Å²) in [7, 11) is 0. The van der Waals surface area contributed by atoms with Gasteiger partial charge in [0.1, 0.15) is 12.7 Å². The molecule has 2 heterocycles. The van der Waals surface area contributed by atoms with Crippen LogP contribution in [0.5, 0.6) is 0 Å². The Hall–Kier alpha value is -2.90. The van der Waals surface area contributed by atoms with E-state index in [0.29, 0.717) is 0 Å². The van der Waals surface area contributed by atoms with E-state index in [1.807, 2.05) is 36.4 Å². The van der Waals surface area contributed by atoms with Gasteiger partial charge in [0.05, 0.1) is 13.2 Å². The molecule has 2 fully saturated rings. The highest BCUT2D eigenvalue weighted by atomic mass is 16.7. The Kier molecular flexibility index (Phi) is 4.07. The van der Waals surface area contributed by atoms with E-state index in [2.05, 4.69) is 12.1 Å². The predicted octanol–water partition coefficient (Wildman–Crippen LogP) is 2.45. The lowest BCUT2D eigenvalue weighted by molar-refractivity contribution is -0.162. The number of carboxylic acid groups (broad SMARTS) is 1. The van der Waals surface area contributed by atoms with Crippen molar-refractivity contribution in [3.8, 4) is 11.1 Å². The lowest BCUT2D eigenvalue weighted by Crippen LogP contribution is -2.57. The van der Waals surface area contributed by atoms with Gasteiger partial charge in [-0.2, -0.15) is 0 Å². The maximum Gasteiger partial charge on any atom is 0.410 e. The minimum Gasteiger partial charge on any atom is -0.480 e. The zero-order valence-corrected chi connectivity index (χ0v) is 15.0. The highest BCUT2D eigenvalue weighted by Gasteiger charge is 2.49. The summed E-state index contributed by atoms with van der Waals surface area (Å²) in [4.78, 5) is 25.6. The first-order valence-corrected chi connectivity index (χ1v) is 9.25. The average Bonchev–Trinajstić information content (AvgIpc) is 3.24. The summed E-state index contributed by atoms with van der Waals surface area (Å²) < 4.78 is 16.4. The number of hydrogen-bond donors (Lipinski definition) is 1. The van der Waals surface area contributed by atoms with Gasteiger partial charge in [0.15, 0.2) is 12.3 Å². The molecule has 7 nitrogen and oxygen atoms in total. The second-order valence-corrected chi connectivity index (χ2v) is 7.18. The number of hydrogen-bond acceptors (Lipinski definition) is 5. The standard InChI is InChI=1S/C21H19NO6/c23-20(24)19-17-11-26-18(28-17)9-22(19)21(25)27-10-16-14-7-3-1-5-12(14)13-6-2-4-8-15(13)16/h1-8,16-19H,9-11H2,(H,23,24). The Balaban J connectivity index is 1.36. The van der Waals surface area contributed by atoms with E-state index in [-0.39, 0.29) is 25.7 Å². The van der Waals surface area contributed by atoms with Crippen molar-refractivity contribution in [3.63, 3.8) is 0 Å². The first kappa shape index (κ1) is 17.2. The normalized spacial score (nSPS) is 25.3. The summed E-state index contributed by atoms with van der Waals surface area (Å²) in [6, 6.07) is 15.0. The molecule has 3 aliphatic rings. The molecule has 2 saturated heterocycles. The molecule has 7 heteroatoms. The van der Waals surface area contributed by atoms with Crippen molar-refractivity contribution in [1.29, 1.82) is 0 Å². The van der Waals surface area contributed by atoms with Crippen LogP contribution in [0.3, 0.4) is 0 Å². The molecule has 1 aliphatic carbocycles. The van der Waals surface area contributed by atoms with Crippen LogP contribution in [-0.2, 0) is 19.0 Å². The highest BCUT2D eigenvalue weighted by Crippen LogP contribution is 2.44. The zero-order valence-electron chi connectivity index (χ0n) is 15.0. The van der Waals surface area contributed by atoms with Crippen molar-refractivity contribution in [2.24, 2.45) is 0 Å². The first-order chi connectivity index (χ1) is 13.6. The number of fused-ring (bicyclic) bond motifs is 5. The van der Waals surface area contributed by atoms with Crippen LogP contribution in [0.25, 0.3) is 11.1 Å². The fraction of sp³-hybridized carbons (Fsp3) is 0.333. The third kappa shape index (κ3) is 2.66. The van der Waals surface area contributed by atoms with Crippen molar-refractivity contribution < 1.29 is 28.9 Å². The quantitative estimate of drug-likeness (QED) is 0.879. The van der Waals surface area contributed by atoms with E-state index < -0.39 is 30.5 Å². The summed E-state index contributed by atoms with van der Waals surface area (Å²) in [6.07, 6.45) is -1.92. The second-order valence-electron chi connectivity index (χ2n) is 7.18. The van der Waals surface area contributed by atoms with Gasteiger partial charge in [0, 0.05) is 5.92 Å². The molecule has 0 spiro atoms. The molecule has 5 rings (SSSR count). The number of morpholine rings is 1. The summed E-state index contributed by atoms with van der Waals surface area (Å²) in [5, 5.41) is 9.53. The number of aliphatic carboxylic acids is 1. The minimum absolute atomic E-state index is 0.0458. The second kappa shape index (κ2) is 6.61. The van der Waals surface area contributed by atoms with E-state index in [4.69, 9.17) is 14.2 Å². The van der Waals surface area contributed by atoms with Gasteiger partial charge < -0.3 is 19.3 Å². The third-order valence-electron chi connectivity index (χ3n) is 5.63. The molecule has 0 aromatic heterocycles. The summed E-state index contributed by atoms with van der Waals surface area (Å²) in [5.74, 6) is -1.20. The van der Waals surface area contributed by atoms with Crippen LogP contribution in [0, 0.1) is 0 Å². The van der Waals surface area contributed by atoms with E-state index in [1.165, 1.54) is 4.90 Å². The molecule has 0 saturated carbocycles. The van der Waals surface area contributed by atoms with Crippen molar-refractivity contribution >= 4 is 12.1 Å². The Morgan fingerprint density at radius 2 is 1.71 bits per heavy atom. The van der Waals surface area contributed by atoms with Crippen LogP contribution >= 0.6 is 0 Å². The van der Waals surface area contributed by atoms with Gasteiger partial charge in [-0.15, -0.1) is 0 Å². The van der Waals surface area contributed by atoms with Crippen LogP contribution in [0.15, 0.2) is 48.5 Å². The minimum atomic E-state index is -1.12. The number of nitrogens with zero attached hydrogens (tertiary/aromatic N) is 1. The predicted molar refractivity (Wildman–Crippen MR) is 97.8 cm³/mol. The molecule has 2 bridgehead atoms. The van der Waals surface area contributed by atoms with E-state index in [9.17, 15) is 14.7 Å². The summed E-state index contributed by atoms with van der Waals surface area (Å²) in [5.41, 5.74) is 4.49. The van der Waals surface area contributed by atoms with Crippen LogP contribution in [0.2, 0.25) is 0 Å². The molecule has 3 atom stereocenters. The molecule has 2 aliphatic heterocycles. The maximum atomic E-state index is 12.7. The van der Waals surface area contributed by atoms with Gasteiger partial charge >= 0.3 is 12.1 Å². The lowest BCUT2D eigenvalue weighted by atomic mass is 9.98. The molecular formula is C21H19NO6. The largest absolute Gasteiger partial charge is 0.480 e. The van der Waals surface area contributed by atoms with Gasteiger partial charge in [0.25, 0.3) is 0 Å². The van der Waals surface area contributed by atoms with Gasteiger partial charge in [-0.05, 0) is 22.3 Å². The van der Waals surface area contributed by atoms with Gasteiger partial charge in [-0.1, -0.05) is 48.5 Å². The lowest BCUT2D eigenvalue weighted by Gasteiger charge is -2.35. The third-order valence-corrected chi connectivity index (χ3v) is 5.63. The number of benzene rings is 2. The number of carboxylic acids is 1. The molecule has 144 valence electrons. The van der Waals surface area contributed by atoms with Crippen molar-refractivity contribution in [1.82, 2.24) is 4.90 Å². The monoisotopic (exact) mass is 381 g/mol. The van der Waals surface area contributed by atoms with E-state index >= 15 is 0 Å². The molecule has 1 amide bonds. The van der Waals surface area contributed by atoms with Crippen molar-refractivity contribution in [2.75, 3.05) is 19.8 Å².